The molecule has 5 heteroatoms. The van der Waals surface area contributed by atoms with E-state index >= 15 is 0 Å². The molecule has 2 aromatic rings. The Hall–Kier alpha value is -2.95. The maximum absolute atomic E-state index is 12.4. The highest BCUT2D eigenvalue weighted by atomic mass is 16.2. The second-order valence-corrected chi connectivity index (χ2v) is 6.50. The maximum Gasteiger partial charge on any atom is 0.261 e. The molecule has 0 bridgehead atoms. The minimum Gasteiger partial charge on any atom is -0.356 e. The van der Waals surface area contributed by atoms with Crippen LogP contribution in [0.3, 0.4) is 0 Å². The Kier molecular flexibility index (Phi) is 5.46. The van der Waals surface area contributed by atoms with E-state index in [-0.39, 0.29) is 30.7 Å². The molecule has 2 aromatic carbocycles. The van der Waals surface area contributed by atoms with Gasteiger partial charge in [-0.15, -0.1) is 0 Å². The first kappa shape index (κ1) is 17.9. The molecule has 5 nitrogen and oxygen atoms in total. The van der Waals surface area contributed by atoms with E-state index in [1.165, 1.54) is 5.56 Å². The number of fused-ring (bicyclic) bond motifs is 1. The summed E-state index contributed by atoms with van der Waals surface area (Å²) in [4.78, 5) is 37.8. The molecule has 0 fully saturated rings. The lowest BCUT2D eigenvalue weighted by Gasteiger charge is -2.13. The van der Waals surface area contributed by atoms with Gasteiger partial charge in [0.05, 0.1) is 11.1 Å². The second kappa shape index (κ2) is 7.95. The third-order valence-electron chi connectivity index (χ3n) is 4.50. The van der Waals surface area contributed by atoms with E-state index in [0.29, 0.717) is 17.7 Å². The lowest BCUT2D eigenvalue weighted by molar-refractivity contribution is -0.121. The molecular formula is C21H22N2O3. The fourth-order valence-electron chi connectivity index (χ4n) is 3.07. The van der Waals surface area contributed by atoms with Gasteiger partial charge in [-0.3, -0.25) is 19.3 Å². The second-order valence-electron chi connectivity index (χ2n) is 6.50. The van der Waals surface area contributed by atoms with Gasteiger partial charge in [-0.1, -0.05) is 42.0 Å². The minimum atomic E-state index is -0.318. The molecule has 1 heterocycles. The lowest BCUT2D eigenvalue weighted by Crippen LogP contribution is -2.34. The van der Waals surface area contributed by atoms with Gasteiger partial charge in [0, 0.05) is 19.5 Å². The van der Waals surface area contributed by atoms with Crippen LogP contribution >= 0.6 is 0 Å². The van der Waals surface area contributed by atoms with Crippen molar-refractivity contribution >= 4 is 17.7 Å². The van der Waals surface area contributed by atoms with E-state index in [2.05, 4.69) is 17.4 Å². The fourth-order valence-corrected chi connectivity index (χ4v) is 3.07. The fraction of sp³-hybridized carbons (Fsp3) is 0.286. The molecule has 0 atom stereocenters. The normalized spacial score (nSPS) is 13.0. The maximum atomic E-state index is 12.4. The van der Waals surface area contributed by atoms with Gasteiger partial charge in [-0.05, 0) is 37.5 Å². The molecule has 0 radical (unpaired) electrons. The molecule has 1 N–H and O–H groups in total. The van der Waals surface area contributed by atoms with Crippen LogP contribution in [0.15, 0.2) is 48.5 Å². The number of nitrogens with one attached hydrogen (secondary N) is 1. The van der Waals surface area contributed by atoms with Gasteiger partial charge in [0.1, 0.15) is 0 Å². The SMILES string of the molecule is Cc1ccc2c(c1)C(=O)N(CCC(=O)NCCCc1ccccc1)C2=O. The number of hydrogen-bond donors (Lipinski definition) is 1. The first-order chi connectivity index (χ1) is 12.6. The van der Waals surface area contributed by atoms with Crippen molar-refractivity contribution < 1.29 is 14.4 Å². The zero-order chi connectivity index (χ0) is 18.5. The standard InChI is InChI=1S/C21H22N2O3/c1-15-9-10-17-18(14-15)21(26)23(20(17)25)13-11-19(24)22-12-5-8-16-6-3-2-4-7-16/h2-4,6-7,9-10,14H,5,8,11-13H2,1H3,(H,22,24). The number of hydrogen-bond acceptors (Lipinski definition) is 3. The summed E-state index contributed by atoms with van der Waals surface area (Å²) in [5, 5.41) is 2.85. The van der Waals surface area contributed by atoms with Gasteiger partial charge in [0.2, 0.25) is 5.91 Å². The molecule has 0 aromatic heterocycles. The van der Waals surface area contributed by atoms with E-state index < -0.39 is 0 Å². The van der Waals surface area contributed by atoms with Gasteiger partial charge >= 0.3 is 0 Å². The van der Waals surface area contributed by atoms with Gasteiger partial charge in [-0.25, -0.2) is 0 Å². The Balaban J connectivity index is 1.43. The number of rotatable bonds is 7. The van der Waals surface area contributed by atoms with Crippen molar-refractivity contribution in [2.45, 2.75) is 26.2 Å². The van der Waals surface area contributed by atoms with Crippen molar-refractivity contribution in [2.24, 2.45) is 0 Å². The van der Waals surface area contributed by atoms with Crippen molar-refractivity contribution in [3.63, 3.8) is 0 Å². The van der Waals surface area contributed by atoms with Gasteiger partial charge in [0.25, 0.3) is 11.8 Å². The molecule has 1 aliphatic rings. The zero-order valence-electron chi connectivity index (χ0n) is 14.8. The average Bonchev–Trinajstić information content (AvgIpc) is 2.88. The van der Waals surface area contributed by atoms with Crippen LogP contribution in [0.4, 0.5) is 0 Å². The van der Waals surface area contributed by atoms with E-state index in [1.807, 2.05) is 31.2 Å². The number of nitrogens with zero attached hydrogens (tertiary/aromatic N) is 1. The van der Waals surface area contributed by atoms with Gasteiger partial charge in [0.15, 0.2) is 0 Å². The third kappa shape index (κ3) is 3.99. The van der Waals surface area contributed by atoms with Crippen molar-refractivity contribution in [1.82, 2.24) is 10.2 Å². The van der Waals surface area contributed by atoms with Crippen LogP contribution in [0.5, 0.6) is 0 Å². The number of benzene rings is 2. The summed E-state index contributed by atoms with van der Waals surface area (Å²) >= 11 is 0. The Bertz CT molecular complexity index is 830. The van der Waals surface area contributed by atoms with Crippen LogP contribution in [0.25, 0.3) is 0 Å². The molecule has 1 aliphatic heterocycles. The van der Waals surface area contributed by atoms with Crippen LogP contribution in [-0.4, -0.2) is 35.7 Å². The summed E-state index contributed by atoms with van der Waals surface area (Å²) in [5.74, 6) is -0.779. The van der Waals surface area contributed by atoms with Crippen molar-refractivity contribution in [2.75, 3.05) is 13.1 Å². The number of imide groups is 1. The van der Waals surface area contributed by atoms with Crippen LogP contribution in [0.2, 0.25) is 0 Å². The van der Waals surface area contributed by atoms with Crippen molar-refractivity contribution in [3.05, 3.63) is 70.8 Å². The summed E-state index contributed by atoms with van der Waals surface area (Å²) in [6, 6.07) is 15.3. The largest absolute Gasteiger partial charge is 0.356 e. The topological polar surface area (TPSA) is 66.5 Å². The van der Waals surface area contributed by atoms with E-state index in [4.69, 9.17) is 0 Å². The number of carbonyl (C=O) groups excluding carboxylic acids is 3. The lowest BCUT2D eigenvalue weighted by atomic mass is 10.1. The molecule has 0 aliphatic carbocycles. The highest BCUT2D eigenvalue weighted by Crippen LogP contribution is 2.23. The van der Waals surface area contributed by atoms with Crippen LogP contribution in [-0.2, 0) is 11.2 Å². The molecule has 0 spiro atoms. The summed E-state index contributed by atoms with van der Waals surface area (Å²) in [7, 11) is 0. The summed E-state index contributed by atoms with van der Waals surface area (Å²) in [6.07, 6.45) is 1.87. The van der Waals surface area contributed by atoms with Gasteiger partial charge in [-0.2, -0.15) is 0 Å². The summed E-state index contributed by atoms with van der Waals surface area (Å²) in [6.45, 7) is 2.56. The molecule has 3 rings (SSSR count). The molecule has 134 valence electrons. The Morgan fingerprint density at radius 1 is 1.00 bits per heavy atom. The monoisotopic (exact) mass is 350 g/mol. The third-order valence-corrected chi connectivity index (χ3v) is 4.50. The van der Waals surface area contributed by atoms with Crippen LogP contribution in [0, 0.1) is 6.92 Å². The summed E-state index contributed by atoms with van der Waals surface area (Å²) in [5.41, 5.74) is 3.02. The number of amides is 3. The molecule has 0 saturated carbocycles. The smallest absolute Gasteiger partial charge is 0.261 e. The Morgan fingerprint density at radius 3 is 2.50 bits per heavy atom. The molecule has 3 amide bonds. The van der Waals surface area contributed by atoms with E-state index in [0.717, 1.165) is 23.3 Å². The first-order valence-corrected chi connectivity index (χ1v) is 8.84. The number of aryl methyl sites for hydroxylation is 2. The van der Waals surface area contributed by atoms with Crippen LogP contribution < -0.4 is 5.32 Å². The Labute approximate surface area is 153 Å². The average molecular weight is 350 g/mol. The zero-order valence-corrected chi connectivity index (χ0v) is 14.8. The van der Waals surface area contributed by atoms with E-state index in [1.54, 1.807) is 12.1 Å². The van der Waals surface area contributed by atoms with E-state index in [9.17, 15) is 14.4 Å². The predicted octanol–water partition coefficient (Wildman–Crippen LogP) is 2.73. The van der Waals surface area contributed by atoms with Crippen molar-refractivity contribution in [1.29, 1.82) is 0 Å². The van der Waals surface area contributed by atoms with Gasteiger partial charge < -0.3 is 5.32 Å². The molecular weight excluding hydrogens is 328 g/mol. The van der Waals surface area contributed by atoms with Crippen molar-refractivity contribution in [3.8, 4) is 0 Å². The molecule has 0 unspecified atom stereocenters. The predicted molar refractivity (Wildman–Crippen MR) is 98.9 cm³/mol. The molecule has 26 heavy (non-hydrogen) atoms. The Morgan fingerprint density at radius 2 is 1.73 bits per heavy atom. The highest BCUT2D eigenvalue weighted by Gasteiger charge is 2.35. The summed E-state index contributed by atoms with van der Waals surface area (Å²) < 4.78 is 0. The number of carbonyl (C=O) groups is 3. The highest BCUT2D eigenvalue weighted by molar-refractivity contribution is 6.21. The first-order valence-electron chi connectivity index (χ1n) is 8.84. The quantitative estimate of drug-likeness (QED) is 0.617. The minimum absolute atomic E-state index is 0.107. The van der Waals surface area contributed by atoms with Crippen LogP contribution in [0.1, 0.15) is 44.7 Å². The molecule has 0 saturated heterocycles.